The van der Waals surface area contributed by atoms with Crippen molar-refractivity contribution in [2.24, 2.45) is 29.0 Å². The van der Waals surface area contributed by atoms with Gasteiger partial charge in [0.15, 0.2) is 0 Å². The lowest BCUT2D eigenvalue weighted by Crippen LogP contribution is -2.51. The molecule has 5 atom stereocenters. The first-order valence-corrected chi connectivity index (χ1v) is 7.44. The van der Waals surface area contributed by atoms with Crippen molar-refractivity contribution < 1.29 is 4.74 Å². The van der Waals surface area contributed by atoms with Crippen LogP contribution in [0.4, 0.5) is 0 Å². The summed E-state index contributed by atoms with van der Waals surface area (Å²) in [4.78, 5) is 0. The Labute approximate surface area is 112 Å². The Morgan fingerprint density at radius 2 is 2.00 bits per heavy atom. The molecule has 0 radical (unpaired) electrons. The highest BCUT2D eigenvalue weighted by atomic mass is 16.5. The summed E-state index contributed by atoms with van der Waals surface area (Å²) >= 11 is 0. The van der Waals surface area contributed by atoms with Crippen LogP contribution >= 0.6 is 0 Å². The van der Waals surface area contributed by atoms with Gasteiger partial charge < -0.3 is 4.74 Å². The van der Waals surface area contributed by atoms with E-state index < -0.39 is 0 Å². The number of rotatable bonds is 5. The monoisotopic (exact) mass is 254 g/mol. The van der Waals surface area contributed by atoms with Crippen molar-refractivity contribution in [1.82, 2.24) is 5.43 Å². The second kappa shape index (κ2) is 5.48. The van der Waals surface area contributed by atoms with Gasteiger partial charge in [-0.05, 0) is 48.9 Å². The van der Waals surface area contributed by atoms with Gasteiger partial charge in [0.25, 0.3) is 0 Å². The van der Waals surface area contributed by atoms with Crippen LogP contribution in [0.2, 0.25) is 0 Å². The van der Waals surface area contributed by atoms with Gasteiger partial charge in [-0.1, -0.05) is 27.2 Å². The van der Waals surface area contributed by atoms with E-state index in [1.165, 1.54) is 32.1 Å². The van der Waals surface area contributed by atoms with E-state index in [2.05, 4.69) is 26.2 Å². The molecule has 18 heavy (non-hydrogen) atoms. The molecule has 2 aliphatic rings. The largest absolute Gasteiger partial charge is 0.379 e. The molecule has 3 heteroatoms. The molecule has 0 amide bonds. The molecule has 2 aliphatic carbocycles. The van der Waals surface area contributed by atoms with Crippen molar-refractivity contribution in [2.45, 2.75) is 65.0 Å². The second-order valence-corrected chi connectivity index (χ2v) is 7.47. The zero-order valence-corrected chi connectivity index (χ0v) is 12.4. The van der Waals surface area contributed by atoms with Gasteiger partial charge in [-0.2, -0.15) is 0 Å². The lowest BCUT2D eigenvalue weighted by molar-refractivity contribution is -0.0189. The fraction of sp³-hybridized carbons (Fsp3) is 1.00. The Balaban J connectivity index is 1.96. The van der Waals surface area contributed by atoms with Gasteiger partial charge in [-0.3, -0.25) is 11.3 Å². The molecule has 106 valence electrons. The molecule has 0 spiro atoms. The van der Waals surface area contributed by atoms with Gasteiger partial charge in [0.2, 0.25) is 0 Å². The van der Waals surface area contributed by atoms with Crippen molar-refractivity contribution >= 4 is 0 Å². The number of hydrogen-bond donors (Lipinski definition) is 2. The second-order valence-electron chi connectivity index (χ2n) is 7.47. The predicted molar refractivity (Wildman–Crippen MR) is 74.9 cm³/mol. The van der Waals surface area contributed by atoms with Crippen LogP contribution in [-0.2, 0) is 4.74 Å². The van der Waals surface area contributed by atoms with E-state index in [1.54, 1.807) is 7.11 Å². The first-order valence-electron chi connectivity index (χ1n) is 7.44. The molecule has 2 rings (SSSR count). The van der Waals surface area contributed by atoms with Gasteiger partial charge in [-0.25, -0.2) is 0 Å². The summed E-state index contributed by atoms with van der Waals surface area (Å²) in [7, 11) is 1.81. The lowest BCUT2D eigenvalue weighted by Gasteiger charge is -2.38. The minimum absolute atomic E-state index is 0.128. The number of nitrogens with two attached hydrogens (primary N) is 1. The molecule has 2 bridgehead atoms. The van der Waals surface area contributed by atoms with Crippen LogP contribution in [-0.4, -0.2) is 19.3 Å². The SMILES string of the molecule is COC(C(CC1CC2CCC1C2)NN)C(C)(C)C. The molecule has 3 nitrogen and oxygen atoms in total. The summed E-state index contributed by atoms with van der Waals surface area (Å²) in [5.41, 5.74) is 3.15. The summed E-state index contributed by atoms with van der Waals surface area (Å²) < 4.78 is 5.72. The molecule has 2 saturated carbocycles. The third-order valence-corrected chi connectivity index (χ3v) is 5.13. The number of methoxy groups -OCH3 is 1. The van der Waals surface area contributed by atoms with Gasteiger partial charge in [0.1, 0.15) is 0 Å². The minimum Gasteiger partial charge on any atom is -0.379 e. The Bertz CT molecular complexity index is 274. The van der Waals surface area contributed by atoms with Crippen LogP contribution in [0.5, 0.6) is 0 Å². The Morgan fingerprint density at radius 1 is 1.28 bits per heavy atom. The molecule has 0 aromatic rings. The first kappa shape index (κ1) is 14.3. The molecule has 0 aliphatic heterocycles. The van der Waals surface area contributed by atoms with E-state index in [4.69, 9.17) is 10.6 Å². The van der Waals surface area contributed by atoms with E-state index in [0.29, 0.717) is 0 Å². The van der Waals surface area contributed by atoms with Crippen LogP contribution in [0.1, 0.15) is 52.9 Å². The molecule has 0 heterocycles. The number of ether oxygens (including phenoxy) is 1. The molecule has 5 unspecified atom stereocenters. The third-order valence-electron chi connectivity index (χ3n) is 5.13. The number of fused-ring (bicyclic) bond motifs is 2. The van der Waals surface area contributed by atoms with Crippen LogP contribution in [0.15, 0.2) is 0 Å². The van der Waals surface area contributed by atoms with E-state index in [1.807, 2.05) is 0 Å². The van der Waals surface area contributed by atoms with Gasteiger partial charge in [-0.15, -0.1) is 0 Å². The number of hydrogen-bond acceptors (Lipinski definition) is 3. The zero-order chi connectivity index (χ0) is 13.3. The summed E-state index contributed by atoms with van der Waals surface area (Å²) in [6, 6.07) is 0.277. The Hall–Kier alpha value is -0.120. The summed E-state index contributed by atoms with van der Waals surface area (Å²) in [6.07, 6.45) is 7.15. The molecule has 3 N–H and O–H groups in total. The zero-order valence-electron chi connectivity index (χ0n) is 12.4. The van der Waals surface area contributed by atoms with Crippen LogP contribution in [0.3, 0.4) is 0 Å². The average molecular weight is 254 g/mol. The average Bonchev–Trinajstić information content (AvgIpc) is 2.88. The highest BCUT2D eigenvalue weighted by Gasteiger charge is 2.42. The minimum atomic E-state index is 0.128. The maximum Gasteiger partial charge on any atom is 0.0785 e. The maximum atomic E-state index is 5.79. The highest BCUT2D eigenvalue weighted by Crippen LogP contribution is 2.50. The number of hydrazine groups is 1. The standard InChI is InChI=1S/C15H30N2O/c1-15(2,3)14(18-4)13(17-16)9-12-8-10-5-6-11(12)7-10/h10-14,17H,5-9,16H2,1-4H3. The quantitative estimate of drug-likeness (QED) is 0.586. The van der Waals surface area contributed by atoms with Crippen LogP contribution < -0.4 is 11.3 Å². The van der Waals surface area contributed by atoms with Crippen molar-refractivity contribution in [2.75, 3.05) is 7.11 Å². The van der Waals surface area contributed by atoms with Crippen LogP contribution in [0.25, 0.3) is 0 Å². The van der Waals surface area contributed by atoms with Gasteiger partial charge in [0, 0.05) is 13.2 Å². The molecular formula is C15H30N2O. The molecular weight excluding hydrogens is 224 g/mol. The highest BCUT2D eigenvalue weighted by molar-refractivity contribution is 4.94. The van der Waals surface area contributed by atoms with E-state index >= 15 is 0 Å². The van der Waals surface area contributed by atoms with Crippen molar-refractivity contribution in [1.29, 1.82) is 0 Å². The smallest absolute Gasteiger partial charge is 0.0785 e. The maximum absolute atomic E-state index is 5.79. The summed E-state index contributed by atoms with van der Waals surface area (Å²) in [5, 5.41) is 0. The molecule has 0 aromatic carbocycles. The topological polar surface area (TPSA) is 47.3 Å². The molecule has 0 aromatic heterocycles. The fourth-order valence-electron chi connectivity index (χ4n) is 4.39. The molecule has 2 fully saturated rings. The predicted octanol–water partition coefficient (Wildman–Crippen LogP) is 2.71. The summed E-state index contributed by atoms with van der Waals surface area (Å²) in [5.74, 6) is 8.63. The Morgan fingerprint density at radius 3 is 2.39 bits per heavy atom. The number of nitrogens with one attached hydrogen (secondary N) is 1. The lowest BCUT2D eigenvalue weighted by atomic mass is 9.78. The van der Waals surface area contributed by atoms with E-state index in [-0.39, 0.29) is 17.6 Å². The fourth-order valence-corrected chi connectivity index (χ4v) is 4.39. The van der Waals surface area contributed by atoms with E-state index in [0.717, 1.165) is 17.8 Å². The van der Waals surface area contributed by atoms with Crippen LogP contribution in [0, 0.1) is 23.2 Å². The third kappa shape index (κ3) is 2.89. The Kier molecular flexibility index (Phi) is 4.35. The summed E-state index contributed by atoms with van der Waals surface area (Å²) in [6.45, 7) is 6.69. The normalized spacial score (nSPS) is 34.8. The van der Waals surface area contributed by atoms with E-state index in [9.17, 15) is 0 Å². The van der Waals surface area contributed by atoms with Crippen molar-refractivity contribution in [3.63, 3.8) is 0 Å². The van der Waals surface area contributed by atoms with Crippen molar-refractivity contribution in [3.8, 4) is 0 Å². The van der Waals surface area contributed by atoms with Gasteiger partial charge in [0.05, 0.1) is 6.10 Å². The first-order chi connectivity index (χ1) is 8.45. The van der Waals surface area contributed by atoms with Crippen molar-refractivity contribution in [3.05, 3.63) is 0 Å². The molecule has 0 saturated heterocycles. The van der Waals surface area contributed by atoms with Gasteiger partial charge >= 0.3 is 0 Å².